The van der Waals surface area contributed by atoms with Crippen molar-refractivity contribution in [1.29, 1.82) is 0 Å². The number of likely N-dealkylation sites (N-methyl/N-ethyl adjacent to an activating group) is 1. The van der Waals surface area contributed by atoms with Crippen LogP contribution in [0.25, 0.3) is 0 Å². The van der Waals surface area contributed by atoms with E-state index in [2.05, 4.69) is 23.5 Å². The van der Waals surface area contributed by atoms with Crippen molar-refractivity contribution in [2.24, 2.45) is 5.73 Å². The summed E-state index contributed by atoms with van der Waals surface area (Å²) in [5.41, 5.74) is 5.47. The molecule has 104 valence electrons. The number of thiophene rings is 1. The average molecular weight is 291 g/mol. The third-order valence-electron chi connectivity index (χ3n) is 2.76. The van der Waals surface area contributed by atoms with Crippen molar-refractivity contribution in [2.75, 3.05) is 26.2 Å². The standard InChI is InChI=1S/C11H21N3O2S2/c1-3-14(4-2)6-5-13-18(15,16)11-7-10(8-12)17-9-11/h7,9,13H,3-6,8,12H2,1-2H3. The SMILES string of the molecule is CCN(CC)CCNS(=O)(=O)c1csc(CN)c1. The molecule has 0 bridgehead atoms. The summed E-state index contributed by atoms with van der Waals surface area (Å²) in [5, 5.41) is 1.63. The Labute approximate surface area is 113 Å². The molecule has 7 heteroatoms. The second kappa shape index (κ2) is 7.20. The molecule has 0 aromatic carbocycles. The minimum absolute atomic E-state index is 0.312. The van der Waals surface area contributed by atoms with Crippen molar-refractivity contribution in [3.05, 3.63) is 16.3 Å². The number of hydrogen-bond donors (Lipinski definition) is 2. The molecule has 5 nitrogen and oxygen atoms in total. The van der Waals surface area contributed by atoms with Crippen molar-refractivity contribution < 1.29 is 8.42 Å². The Bertz CT molecular complexity index is 453. The summed E-state index contributed by atoms with van der Waals surface area (Å²) in [7, 11) is -3.38. The largest absolute Gasteiger partial charge is 0.326 e. The van der Waals surface area contributed by atoms with Crippen LogP contribution in [0.3, 0.4) is 0 Å². The first-order valence-corrected chi connectivity index (χ1v) is 8.39. The summed E-state index contributed by atoms with van der Waals surface area (Å²) in [5.74, 6) is 0. The molecule has 1 aromatic rings. The summed E-state index contributed by atoms with van der Waals surface area (Å²) < 4.78 is 26.5. The topological polar surface area (TPSA) is 75.4 Å². The van der Waals surface area contributed by atoms with Gasteiger partial charge in [-0.25, -0.2) is 13.1 Å². The van der Waals surface area contributed by atoms with Crippen molar-refractivity contribution in [3.63, 3.8) is 0 Å². The number of nitrogens with two attached hydrogens (primary N) is 1. The lowest BCUT2D eigenvalue weighted by molar-refractivity contribution is 0.309. The summed E-state index contributed by atoms with van der Waals surface area (Å²) >= 11 is 1.37. The van der Waals surface area contributed by atoms with Crippen LogP contribution < -0.4 is 10.5 Å². The molecule has 18 heavy (non-hydrogen) atoms. The number of nitrogens with one attached hydrogen (secondary N) is 1. The van der Waals surface area contributed by atoms with Crippen LogP contribution in [0.5, 0.6) is 0 Å². The zero-order valence-electron chi connectivity index (χ0n) is 10.8. The zero-order valence-corrected chi connectivity index (χ0v) is 12.5. The maximum absolute atomic E-state index is 12.0. The van der Waals surface area contributed by atoms with Crippen LogP contribution in [0.1, 0.15) is 18.7 Å². The minimum Gasteiger partial charge on any atom is -0.326 e. The van der Waals surface area contributed by atoms with Crippen LogP contribution in [0.4, 0.5) is 0 Å². The van der Waals surface area contributed by atoms with Gasteiger partial charge in [0.05, 0.1) is 4.90 Å². The van der Waals surface area contributed by atoms with Gasteiger partial charge in [-0.3, -0.25) is 0 Å². The highest BCUT2D eigenvalue weighted by Crippen LogP contribution is 2.18. The fourth-order valence-corrected chi connectivity index (χ4v) is 3.75. The van der Waals surface area contributed by atoms with Crippen molar-refractivity contribution >= 4 is 21.4 Å². The first-order chi connectivity index (χ1) is 8.53. The van der Waals surface area contributed by atoms with Crippen LogP contribution >= 0.6 is 11.3 Å². The molecule has 0 aliphatic carbocycles. The minimum atomic E-state index is -3.38. The van der Waals surface area contributed by atoms with Crippen LogP contribution in [0.2, 0.25) is 0 Å². The predicted molar refractivity (Wildman–Crippen MR) is 75.2 cm³/mol. The maximum Gasteiger partial charge on any atom is 0.241 e. The molecular weight excluding hydrogens is 270 g/mol. The number of rotatable bonds is 8. The first kappa shape index (κ1) is 15.6. The second-order valence-corrected chi connectivity index (χ2v) is 6.64. The molecule has 1 aromatic heterocycles. The lowest BCUT2D eigenvalue weighted by Crippen LogP contribution is -2.34. The first-order valence-electron chi connectivity index (χ1n) is 6.03. The van der Waals surface area contributed by atoms with Gasteiger partial charge in [-0.15, -0.1) is 11.3 Å². The van der Waals surface area contributed by atoms with Crippen LogP contribution in [0, 0.1) is 0 Å². The fourth-order valence-electron chi connectivity index (χ4n) is 1.57. The van der Waals surface area contributed by atoms with E-state index < -0.39 is 10.0 Å². The molecule has 0 fully saturated rings. The third-order valence-corrected chi connectivity index (χ3v) is 5.30. The van der Waals surface area contributed by atoms with Crippen LogP contribution in [-0.4, -0.2) is 39.5 Å². The van der Waals surface area contributed by atoms with Gasteiger partial charge in [0.1, 0.15) is 0 Å². The second-order valence-electron chi connectivity index (χ2n) is 3.88. The van der Waals surface area contributed by atoms with E-state index in [0.717, 1.165) is 24.5 Å². The quantitative estimate of drug-likeness (QED) is 0.744. The molecule has 0 spiro atoms. The number of hydrogen-bond acceptors (Lipinski definition) is 5. The molecule has 0 saturated carbocycles. The van der Waals surface area contributed by atoms with E-state index in [9.17, 15) is 8.42 Å². The lowest BCUT2D eigenvalue weighted by Gasteiger charge is -2.17. The smallest absolute Gasteiger partial charge is 0.241 e. The van der Waals surface area contributed by atoms with Crippen molar-refractivity contribution in [1.82, 2.24) is 9.62 Å². The lowest BCUT2D eigenvalue weighted by atomic mass is 10.5. The van der Waals surface area contributed by atoms with Crippen molar-refractivity contribution in [2.45, 2.75) is 25.3 Å². The van der Waals surface area contributed by atoms with E-state index in [1.54, 1.807) is 11.4 Å². The van der Waals surface area contributed by atoms with Gasteiger partial charge in [-0.05, 0) is 19.2 Å². The van der Waals surface area contributed by atoms with E-state index in [4.69, 9.17) is 5.73 Å². The third kappa shape index (κ3) is 4.33. The number of nitrogens with zero attached hydrogens (tertiary/aromatic N) is 1. The molecule has 0 aliphatic rings. The Morgan fingerprint density at radius 3 is 2.56 bits per heavy atom. The molecule has 0 saturated heterocycles. The van der Waals surface area contributed by atoms with Gasteiger partial charge in [0.15, 0.2) is 0 Å². The van der Waals surface area contributed by atoms with Gasteiger partial charge in [0.2, 0.25) is 10.0 Å². The van der Waals surface area contributed by atoms with E-state index in [1.807, 2.05) is 0 Å². The Kier molecular flexibility index (Phi) is 6.24. The normalized spacial score (nSPS) is 12.2. The molecule has 0 unspecified atom stereocenters. The van der Waals surface area contributed by atoms with E-state index >= 15 is 0 Å². The van der Waals surface area contributed by atoms with E-state index in [1.165, 1.54) is 11.3 Å². The molecule has 1 heterocycles. The highest BCUT2D eigenvalue weighted by molar-refractivity contribution is 7.89. The fraction of sp³-hybridized carbons (Fsp3) is 0.636. The Balaban J connectivity index is 2.54. The highest BCUT2D eigenvalue weighted by Gasteiger charge is 2.15. The Morgan fingerprint density at radius 1 is 1.39 bits per heavy atom. The average Bonchev–Trinajstić information content (AvgIpc) is 2.84. The van der Waals surface area contributed by atoms with Crippen LogP contribution in [-0.2, 0) is 16.6 Å². The Morgan fingerprint density at radius 2 is 2.06 bits per heavy atom. The maximum atomic E-state index is 12.0. The van der Waals surface area contributed by atoms with Gasteiger partial charge in [0, 0.05) is 29.9 Å². The summed E-state index contributed by atoms with van der Waals surface area (Å²) in [6.07, 6.45) is 0. The number of sulfonamides is 1. The van der Waals surface area contributed by atoms with Crippen LogP contribution in [0.15, 0.2) is 16.3 Å². The van der Waals surface area contributed by atoms with Gasteiger partial charge < -0.3 is 10.6 Å². The molecule has 1 rings (SSSR count). The molecule has 3 N–H and O–H groups in total. The summed E-state index contributed by atoms with van der Waals surface area (Å²) in [4.78, 5) is 3.35. The van der Waals surface area contributed by atoms with Gasteiger partial charge >= 0.3 is 0 Å². The monoisotopic (exact) mass is 291 g/mol. The molecule has 0 amide bonds. The summed E-state index contributed by atoms with van der Waals surface area (Å²) in [6.45, 7) is 7.49. The Hall–Kier alpha value is -0.470. The van der Waals surface area contributed by atoms with E-state index in [-0.39, 0.29) is 0 Å². The van der Waals surface area contributed by atoms with E-state index in [0.29, 0.717) is 18.0 Å². The van der Waals surface area contributed by atoms with Gasteiger partial charge in [0.25, 0.3) is 0 Å². The van der Waals surface area contributed by atoms with Gasteiger partial charge in [-0.2, -0.15) is 0 Å². The summed E-state index contributed by atoms with van der Waals surface area (Å²) in [6, 6.07) is 1.63. The molecule has 0 radical (unpaired) electrons. The van der Waals surface area contributed by atoms with Crippen molar-refractivity contribution in [3.8, 4) is 0 Å². The molecular formula is C11H21N3O2S2. The highest BCUT2D eigenvalue weighted by atomic mass is 32.2. The zero-order chi connectivity index (χ0) is 13.6. The van der Waals surface area contributed by atoms with Gasteiger partial charge in [-0.1, -0.05) is 13.8 Å². The molecule has 0 aliphatic heterocycles. The predicted octanol–water partition coefficient (Wildman–Crippen LogP) is 0.827. The molecule has 0 atom stereocenters.